The summed E-state index contributed by atoms with van der Waals surface area (Å²) in [6.45, 7) is 18.8. The van der Waals surface area contributed by atoms with Crippen molar-refractivity contribution in [2.75, 3.05) is 28.4 Å². The highest BCUT2D eigenvalue weighted by molar-refractivity contribution is 5.83. The molecule has 25 atom stereocenters. The van der Waals surface area contributed by atoms with Crippen LogP contribution in [0.25, 0.3) is 0 Å². The van der Waals surface area contributed by atoms with Gasteiger partial charge in [-0.1, -0.05) is 44.9 Å². The number of aliphatic hydroxyl groups is 4. The molecule has 7 fully saturated rings. The molecule has 428 valence electrons. The number of carbonyl (C=O) groups excluding carboxylic acids is 2. The van der Waals surface area contributed by atoms with Crippen LogP contribution in [0.5, 0.6) is 0 Å². The van der Waals surface area contributed by atoms with Crippen molar-refractivity contribution in [3.63, 3.8) is 0 Å². The number of Topliss-reactive ketones (excluding diaryl/α,β-unsaturated/α-hetero) is 1. The van der Waals surface area contributed by atoms with Gasteiger partial charge in [0.15, 0.2) is 25.2 Å². The summed E-state index contributed by atoms with van der Waals surface area (Å²) in [5, 5.41) is 47.3. The summed E-state index contributed by atoms with van der Waals surface area (Å²) in [5.74, 6) is -1.45. The zero-order valence-corrected chi connectivity index (χ0v) is 46.8. The van der Waals surface area contributed by atoms with Crippen molar-refractivity contribution in [3.8, 4) is 0 Å². The molecule has 0 radical (unpaired) electrons. The van der Waals surface area contributed by atoms with Crippen LogP contribution in [0.3, 0.4) is 0 Å². The van der Waals surface area contributed by atoms with Crippen molar-refractivity contribution in [1.29, 1.82) is 0 Å². The fourth-order valence-corrected chi connectivity index (χ4v) is 14.7. The van der Waals surface area contributed by atoms with Crippen LogP contribution in [0.4, 0.5) is 0 Å². The highest BCUT2D eigenvalue weighted by Gasteiger charge is 2.77. The van der Waals surface area contributed by atoms with E-state index in [9.17, 15) is 30.0 Å². The maximum absolute atomic E-state index is 13.6. The first-order chi connectivity index (χ1) is 35.4. The van der Waals surface area contributed by atoms with Gasteiger partial charge in [-0.05, 0) is 97.8 Å². The van der Waals surface area contributed by atoms with E-state index in [-0.39, 0.29) is 30.6 Å². The first kappa shape index (κ1) is 59.1. The molecule has 19 nitrogen and oxygen atoms in total. The zero-order valence-electron chi connectivity index (χ0n) is 46.8. The molecule has 4 aliphatic heterocycles. The van der Waals surface area contributed by atoms with Crippen molar-refractivity contribution < 1.29 is 91.6 Å². The molecule has 4 aliphatic carbocycles. The topological polar surface area (TPSA) is 235 Å². The fraction of sp³-hybridized carbons (Fsp3) is 0.893. The Bertz CT molecular complexity index is 2050. The summed E-state index contributed by atoms with van der Waals surface area (Å²) < 4.78 is 81.2. The van der Waals surface area contributed by atoms with E-state index >= 15 is 0 Å². The van der Waals surface area contributed by atoms with Crippen molar-refractivity contribution in [2.24, 2.45) is 28.6 Å². The van der Waals surface area contributed by atoms with Gasteiger partial charge in [-0.2, -0.15) is 0 Å². The lowest BCUT2D eigenvalue weighted by Gasteiger charge is -2.66. The van der Waals surface area contributed by atoms with Gasteiger partial charge in [-0.15, -0.1) is 0 Å². The number of hydrogen-bond acceptors (Lipinski definition) is 19. The van der Waals surface area contributed by atoms with Crippen molar-refractivity contribution in [3.05, 3.63) is 23.3 Å². The maximum atomic E-state index is 13.6. The first-order valence-corrected chi connectivity index (χ1v) is 27.6. The average Bonchev–Trinajstić information content (AvgIpc) is 3.66. The number of fused-ring (bicyclic) bond motifs is 5. The van der Waals surface area contributed by atoms with E-state index in [1.54, 1.807) is 28.3 Å². The minimum absolute atomic E-state index is 0.0787. The van der Waals surface area contributed by atoms with Gasteiger partial charge in [-0.25, -0.2) is 4.79 Å². The molecule has 4 saturated heterocycles. The first-order valence-electron chi connectivity index (χ1n) is 27.6. The van der Waals surface area contributed by atoms with Gasteiger partial charge in [0, 0.05) is 71.0 Å². The van der Waals surface area contributed by atoms with Crippen molar-refractivity contribution in [2.45, 2.75) is 261 Å². The van der Waals surface area contributed by atoms with Crippen LogP contribution < -0.4 is 0 Å². The van der Waals surface area contributed by atoms with Crippen LogP contribution in [0.15, 0.2) is 23.3 Å². The predicted molar refractivity (Wildman–Crippen MR) is 269 cm³/mol. The highest BCUT2D eigenvalue weighted by Crippen LogP contribution is 2.70. The van der Waals surface area contributed by atoms with Crippen LogP contribution in [0.1, 0.15) is 133 Å². The molecule has 0 unspecified atom stereocenters. The molecule has 3 saturated carbocycles. The van der Waals surface area contributed by atoms with Crippen molar-refractivity contribution >= 4 is 11.8 Å². The SMILES string of the molecule is CO[C@@H]1[C@@H](O)[C@H](O[C@H]2[C@@H](OC)C[C@H](O[C@H]3[C@@H](OC)C[C@H](O[C@H]4[C@@H](OC)C[C@H](O[C@H]5CC[C@@]6(C)C(=CC[C@]7(O)[C@@H]6C[C@@H](OC(=O)/C=C(\C)C(C)C)[C@]6(C)[C@H](C(C)=O)CC[C@@]67O)C5)O[C@@H]4C)O[C@@H]3C)O[C@@H]2C)O[C@H](C)[C@H]1O. The van der Waals surface area contributed by atoms with E-state index in [1.807, 2.05) is 48.5 Å². The lowest BCUT2D eigenvalue weighted by Crippen LogP contribution is -2.75. The quantitative estimate of drug-likeness (QED) is 0.0906. The number of ether oxygens (including phenoxy) is 13. The molecule has 4 heterocycles. The summed E-state index contributed by atoms with van der Waals surface area (Å²) in [6, 6.07) is 0. The Morgan fingerprint density at radius 2 is 1.21 bits per heavy atom. The summed E-state index contributed by atoms with van der Waals surface area (Å²) in [6.07, 6.45) is -4.45. The smallest absolute Gasteiger partial charge is 0.330 e. The van der Waals surface area contributed by atoms with E-state index < -0.39 is 150 Å². The number of rotatable bonds is 16. The normalized spacial score (nSPS) is 49.3. The van der Waals surface area contributed by atoms with E-state index in [0.29, 0.717) is 51.4 Å². The second-order valence-corrected chi connectivity index (χ2v) is 23.9. The third-order valence-electron chi connectivity index (χ3n) is 19.5. The molecule has 4 N–H and O–H groups in total. The lowest BCUT2D eigenvalue weighted by atomic mass is 9.43. The van der Waals surface area contributed by atoms with Crippen molar-refractivity contribution in [1.82, 2.24) is 0 Å². The molecule has 0 aromatic carbocycles. The average molecular weight is 1070 g/mol. The molecular weight excluding hydrogens is 977 g/mol. The second-order valence-electron chi connectivity index (χ2n) is 23.9. The standard InChI is InChI=1S/C56H90O19/c1-27(2)28(3)21-42(58)72-41-26-40-53(9)18-16-35(22-34(53)15-19-55(40,61)56(62)20-17-36(29(4)57)54(41,56)10)71-43-23-37(63-11)48(31(6)67-43)73-44-24-38(64-12)49(32(7)68-44)74-45-25-39(65-13)50(33(8)69-45)75-52-47(60)51(66-14)46(59)30(5)70-52/h15,21,27,30-33,35-41,43-52,59-62H,16-20,22-26H2,1-14H3/b28-21+/t30-,31-,32-,33-,35+,36+,37+,38+,39+,40-,41-,43+,44+,45+,46-,47-,48-,49-,50-,51+,52+,53+,54+,55+,56-/m1/s1. The molecule has 75 heavy (non-hydrogen) atoms. The molecule has 0 bridgehead atoms. The Morgan fingerprint density at radius 1 is 0.680 bits per heavy atom. The highest BCUT2D eigenvalue weighted by atomic mass is 16.8. The third kappa shape index (κ3) is 10.9. The minimum atomic E-state index is -1.67. The van der Waals surface area contributed by atoms with Gasteiger partial charge in [-0.3, -0.25) is 4.79 Å². The van der Waals surface area contributed by atoms with Gasteiger partial charge in [0.2, 0.25) is 0 Å². The Balaban J connectivity index is 0.871. The molecule has 0 aromatic rings. The summed E-state index contributed by atoms with van der Waals surface area (Å²) in [7, 11) is 6.28. The Hall–Kier alpha value is -2.02. The number of carbonyl (C=O) groups is 2. The van der Waals surface area contributed by atoms with Gasteiger partial charge >= 0.3 is 5.97 Å². The number of hydrogen-bond donors (Lipinski definition) is 4. The summed E-state index contributed by atoms with van der Waals surface area (Å²) in [5.41, 5.74) is -2.91. The van der Waals surface area contributed by atoms with Crippen LogP contribution in [-0.4, -0.2) is 189 Å². The van der Waals surface area contributed by atoms with Gasteiger partial charge in [0.25, 0.3) is 0 Å². The number of methoxy groups -OCH3 is 4. The van der Waals surface area contributed by atoms with Crippen LogP contribution in [-0.2, 0) is 71.2 Å². The van der Waals surface area contributed by atoms with Crippen LogP contribution in [0.2, 0.25) is 0 Å². The number of aliphatic hydroxyl groups excluding tert-OH is 2. The number of esters is 1. The zero-order chi connectivity index (χ0) is 54.7. The van der Waals surface area contributed by atoms with E-state index in [2.05, 4.69) is 13.0 Å². The number of allylic oxidation sites excluding steroid dienone is 1. The molecule has 19 heteroatoms. The lowest BCUT2D eigenvalue weighted by molar-refractivity contribution is -0.355. The Kier molecular flexibility index (Phi) is 18.3. The summed E-state index contributed by atoms with van der Waals surface area (Å²) >= 11 is 0. The van der Waals surface area contributed by atoms with E-state index in [0.717, 1.165) is 11.1 Å². The Morgan fingerprint density at radius 3 is 1.72 bits per heavy atom. The number of ketones is 1. The van der Waals surface area contributed by atoms with Gasteiger partial charge in [0.1, 0.15) is 59.7 Å². The van der Waals surface area contributed by atoms with Gasteiger partial charge in [0.05, 0.1) is 48.8 Å². The largest absolute Gasteiger partial charge is 0.458 e. The second kappa shape index (κ2) is 23.2. The minimum Gasteiger partial charge on any atom is -0.458 e. The van der Waals surface area contributed by atoms with E-state index in [4.69, 9.17) is 61.6 Å². The predicted octanol–water partition coefficient (Wildman–Crippen LogP) is 4.98. The third-order valence-corrected chi connectivity index (χ3v) is 19.5. The molecule has 8 aliphatic rings. The van der Waals surface area contributed by atoms with Gasteiger partial charge < -0.3 is 82.0 Å². The van der Waals surface area contributed by atoms with Crippen LogP contribution in [0, 0.1) is 28.6 Å². The van der Waals surface area contributed by atoms with E-state index in [1.165, 1.54) is 20.1 Å². The molecule has 8 rings (SSSR count). The van der Waals surface area contributed by atoms with Crippen LogP contribution >= 0.6 is 0 Å². The fourth-order valence-electron chi connectivity index (χ4n) is 14.7. The Labute approximate surface area is 443 Å². The molecular formula is C56H90O19. The molecule has 0 aromatic heterocycles. The monoisotopic (exact) mass is 1070 g/mol. The summed E-state index contributed by atoms with van der Waals surface area (Å²) in [4.78, 5) is 26.8. The maximum Gasteiger partial charge on any atom is 0.330 e. The molecule has 0 amide bonds. The molecule has 0 spiro atoms.